The molecule has 0 saturated carbocycles. The van der Waals surface area contributed by atoms with Gasteiger partial charge >= 0.3 is 0 Å². The molecule has 92 valence electrons. The third-order valence-electron chi connectivity index (χ3n) is 2.61. The third-order valence-corrected chi connectivity index (χ3v) is 4.98. The van der Waals surface area contributed by atoms with Gasteiger partial charge in [-0.3, -0.25) is 0 Å². The maximum absolute atomic E-state index is 12.2. The smallest absolute Gasteiger partial charge is 0.206 e. The first-order valence-electron chi connectivity index (χ1n) is 5.40. The predicted molar refractivity (Wildman–Crippen MR) is 69.8 cm³/mol. The Labute approximate surface area is 106 Å². The van der Waals surface area contributed by atoms with E-state index in [0.29, 0.717) is 22.0 Å². The third kappa shape index (κ3) is 2.25. The SMILES string of the molecule is CC(C)NCC1=Cc2cccc(Cl)c2S1(=O)=O. The number of fused-ring (bicyclic) bond motifs is 1. The first-order valence-corrected chi connectivity index (χ1v) is 7.26. The molecule has 1 N–H and O–H groups in total. The van der Waals surface area contributed by atoms with Crippen LogP contribution in [-0.4, -0.2) is 21.0 Å². The van der Waals surface area contributed by atoms with Crippen LogP contribution < -0.4 is 5.32 Å². The molecule has 0 amide bonds. The fourth-order valence-corrected chi connectivity index (χ4v) is 3.82. The van der Waals surface area contributed by atoms with Crippen molar-refractivity contribution in [2.24, 2.45) is 0 Å². The Hall–Kier alpha value is -0.840. The molecule has 1 aromatic rings. The summed E-state index contributed by atoms with van der Waals surface area (Å²) in [5, 5.41) is 3.40. The van der Waals surface area contributed by atoms with Crippen molar-refractivity contribution in [1.29, 1.82) is 0 Å². The molecule has 0 bridgehead atoms. The van der Waals surface area contributed by atoms with Crippen molar-refractivity contribution < 1.29 is 8.42 Å². The lowest BCUT2D eigenvalue weighted by molar-refractivity contribution is 0.593. The van der Waals surface area contributed by atoms with E-state index in [1.807, 2.05) is 13.8 Å². The topological polar surface area (TPSA) is 46.2 Å². The summed E-state index contributed by atoms with van der Waals surface area (Å²) < 4.78 is 24.4. The van der Waals surface area contributed by atoms with E-state index in [2.05, 4.69) is 5.32 Å². The molecular formula is C12H14ClNO2S. The Morgan fingerprint density at radius 1 is 1.35 bits per heavy atom. The average Bonchev–Trinajstić information content (AvgIpc) is 2.48. The highest BCUT2D eigenvalue weighted by molar-refractivity contribution is 7.96. The van der Waals surface area contributed by atoms with E-state index in [4.69, 9.17) is 11.6 Å². The van der Waals surface area contributed by atoms with Crippen LogP contribution in [0.1, 0.15) is 19.4 Å². The summed E-state index contributed by atoms with van der Waals surface area (Å²) in [6, 6.07) is 5.36. The van der Waals surface area contributed by atoms with E-state index in [9.17, 15) is 8.42 Å². The largest absolute Gasteiger partial charge is 0.310 e. The molecule has 0 atom stereocenters. The molecule has 0 fully saturated rings. The van der Waals surface area contributed by atoms with Crippen LogP contribution in [0.15, 0.2) is 28.0 Å². The van der Waals surface area contributed by atoms with Gasteiger partial charge in [0.15, 0.2) is 0 Å². The molecule has 2 rings (SSSR count). The lowest BCUT2D eigenvalue weighted by Crippen LogP contribution is -2.26. The van der Waals surface area contributed by atoms with E-state index >= 15 is 0 Å². The van der Waals surface area contributed by atoms with Crippen LogP contribution in [0.5, 0.6) is 0 Å². The zero-order chi connectivity index (χ0) is 12.6. The number of hydrogen-bond acceptors (Lipinski definition) is 3. The summed E-state index contributed by atoms with van der Waals surface area (Å²) in [4.78, 5) is 0.622. The Kier molecular flexibility index (Phi) is 3.30. The van der Waals surface area contributed by atoms with Crippen molar-refractivity contribution in [2.75, 3.05) is 6.54 Å². The van der Waals surface area contributed by atoms with Gasteiger partial charge in [0.2, 0.25) is 9.84 Å². The highest BCUT2D eigenvalue weighted by Crippen LogP contribution is 2.37. The van der Waals surface area contributed by atoms with Crippen molar-refractivity contribution in [3.8, 4) is 0 Å². The summed E-state index contributed by atoms with van der Waals surface area (Å²) in [6.07, 6.45) is 1.69. The normalized spacial score (nSPS) is 17.1. The van der Waals surface area contributed by atoms with Gasteiger partial charge in [-0.2, -0.15) is 0 Å². The molecule has 0 aliphatic carbocycles. The van der Waals surface area contributed by atoms with Gasteiger partial charge in [0, 0.05) is 12.6 Å². The van der Waals surface area contributed by atoms with Crippen molar-refractivity contribution >= 4 is 27.5 Å². The molecule has 3 nitrogen and oxygen atoms in total. The Balaban J connectivity index is 2.40. The summed E-state index contributed by atoms with van der Waals surface area (Å²) >= 11 is 5.95. The second-order valence-electron chi connectivity index (χ2n) is 4.31. The number of hydrogen-bond donors (Lipinski definition) is 1. The van der Waals surface area contributed by atoms with Gasteiger partial charge in [-0.05, 0) is 17.7 Å². The van der Waals surface area contributed by atoms with Crippen LogP contribution in [0.25, 0.3) is 6.08 Å². The Morgan fingerprint density at radius 2 is 2.06 bits per heavy atom. The number of benzene rings is 1. The number of sulfone groups is 1. The average molecular weight is 272 g/mol. The molecular weight excluding hydrogens is 258 g/mol. The lowest BCUT2D eigenvalue weighted by atomic mass is 10.2. The number of nitrogens with one attached hydrogen (secondary N) is 1. The maximum atomic E-state index is 12.2. The molecule has 5 heteroatoms. The van der Waals surface area contributed by atoms with E-state index in [1.54, 1.807) is 24.3 Å². The molecule has 0 unspecified atom stereocenters. The van der Waals surface area contributed by atoms with Gasteiger partial charge in [-0.25, -0.2) is 8.42 Å². The molecule has 0 saturated heterocycles. The fraction of sp³-hybridized carbons (Fsp3) is 0.333. The molecule has 17 heavy (non-hydrogen) atoms. The quantitative estimate of drug-likeness (QED) is 0.919. The first-order chi connectivity index (χ1) is 7.93. The Morgan fingerprint density at radius 3 is 2.65 bits per heavy atom. The minimum atomic E-state index is -3.41. The van der Waals surface area contributed by atoms with Gasteiger partial charge in [-0.1, -0.05) is 37.6 Å². The summed E-state index contributed by atoms with van der Waals surface area (Å²) in [5.74, 6) is 0. The second-order valence-corrected chi connectivity index (χ2v) is 6.65. The van der Waals surface area contributed by atoms with Crippen LogP contribution in [0.2, 0.25) is 5.02 Å². The highest BCUT2D eigenvalue weighted by Gasteiger charge is 2.31. The maximum Gasteiger partial charge on any atom is 0.206 e. The summed E-state index contributed by atoms with van der Waals surface area (Å²) in [6.45, 7) is 4.29. The van der Waals surface area contributed by atoms with Crippen LogP contribution in [0, 0.1) is 0 Å². The zero-order valence-corrected chi connectivity index (χ0v) is 11.3. The van der Waals surface area contributed by atoms with Crippen LogP contribution in [0.3, 0.4) is 0 Å². The van der Waals surface area contributed by atoms with E-state index in [0.717, 1.165) is 0 Å². The molecule has 1 aromatic carbocycles. The number of rotatable bonds is 3. The lowest BCUT2D eigenvalue weighted by Gasteiger charge is -2.09. The molecule has 1 aliphatic rings. The standard InChI is InChI=1S/C12H14ClNO2S/c1-8(2)14-7-10-6-9-4-3-5-11(13)12(9)17(10,15)16/h3-6,8,14H,7H2,1-2H3. The Bertz CT molecular complexity index is 576. The van der Waals surface area contributed by atoms with E-state index in [1.165, 1.54) is 0 Å². The first kappa shape index (κ1) is 12.6. The van der Waals surface area contributed by atoms with Crippen LogP contribution >= 0.6 is 11.6 Å². The van der Waals surface area contributed by atoms with Gasteiger partial charge in [0.1, 0.15) is 0 Å². The van der Waals surface area contributed by atoms with Crippen molar-refractivity contribution in [3.63, 3.8) is 0 Å². The van der Waals surface area contributed by atoms with E-state index < -0.39 is 9.84 Å². The van der Waals surface area contributed by atoms with Crippen LogP contribution in [0.4, 0.5) is 0 Å². The van der Waals surface area contributed by atoms with Crippen molar-refractivity contribution in [3.05, 3.63) is 33.7 Å². The minimum absolute atomic E-state index is 0.238. The number of halogens is 1. The van der Waals surface area contributed by atoms with Gasteiger partial charge in [-0.15, -0.1) is 0 Å². The highest BCUT2D eigenvalue weighted by atomic mass is 35.5. The summed E-state index contributed by atoms with van der Waals surface area (Å²) in [7, 11) is -3.41. The van der Waals surface area contributed by atoms with Gasteiger partial charge in [0.25, 0.3) is 0 Å². The monoisotopic (exact) mass is 271 g/mol. The minimum Gasteiger partial charge on any atom is -0.310 e. The predicted octanol–water partition coefficient (Wildman–Crippen LogP) is 2.47. The molecule has 0 radical (unpaired) electrons. The van der Waals surface area contributed by atoms with Gasteiger partial charge < -0.3 is 5.32 Å². The zero-order valence-electron chi connectivity index (χ0n) is 9.70. The molecule has 0 aromatic heterocycles. The van der Waals surface area contributed by atoms with E-state index in [-0.39, 0.29) is 10.9 Å². The van der Waals surface area contributed by atoms with Crippen molar-refractivity contribution in [2.45, 2.75) is 24.8 Å². The molecule has 1 heterocycles. The fourth-order valence-electron chi connectivity index (χ4n) is 1.76. The molecule has 1 aliphatic heterocycles. The molecule has 0 spiro atoms. The van der Waals surface area contributed by atoms with Crippen molar-refractivity contribution in [1.82, 2.24) is 5.32 Å². The van der Waals surface area contributed by atoms with Crippen LogP contribution in [-0.2, 0) is 9.84 Å². The summed E-state index contributed by atoms with van der Waals surface area (Å²) in [5.41, 5.74) is 0.679. The second kappa shape index (κ2) is 4.44. The van der Waals surface area contributed by atoms with Gasteiger partial charge in [0.05, 0.1) is 14.8 Å².